The van der Waals surface area contributed by atoms with Gasteiger partial charge in [-0.25, -0.2) is 0 Å². The van der Waals surface area contributed by atoms with Gasteiger partial charge in [-0.1, -0.05) is 0 Å². The van der Waals surface area contributed by atoms with E-state index in [-0.39, 0.29) is 12.1 Å². The fraction of sp³-hybridized carbons (Fsp3) is 0.700. The summed E-state index contributed by atoms with van der Waals surface area (Å²) < 4.78 is 6.97. The van der Waals surface area contributed by atoms with Gasteiger partial charge in [-0.15, -0.1) is 0 Å². The molecule has 0 saturated heterocycles. The van der Waals surface area contributed by atoms with Crippen molar-refractivity contribution in [2.24, 2.45) is 12.9 Å². The van der Waals surface area contributed by atoms with E-state index in [4.69, 9.17) is 10.6 Å². The number of hydrogen-bond donors (Lipinski definition) is 2. The second kappa shape index (κ2) is 5.85. The van der Waals surface area contributed by atoms with Crippen LogP contribution >= 0.6 is 0 Å². The summed E-state index contributed by atoms with van der Waals surface area (Å²) in [7, 11) is 3.62. The van der Waals surface area contributed by atoms with Crippen LogP contribution in [0, 0.1) is 0 Å². The lowest BCUT2D eigenvalue weighted by Gasteiger charge is -2.15. The smallest absolute Gasteiger partial charge is 0.0807 e. The molecule has 0 radical (unpaired) electrons. The molecule has 86 valence electrons. The molecule has 0 aliphatic rings. The van der Waals surface area contributed by atoms with Gasteiger partial charge in [0.15, 0.2) is 0 Å². The predicted molar refractivity (Wildman–Crippen MR) is 59.0 cm³/mol. The van der Waals surface area contributed by atoms with Crippen molar-refractivity contribution < 1.29 is 4.74 Å². The Bertz CT molecular complexity index is 287. The number of ether oxygens (including phenoxy) is 1. The average Bonchev–Trinajstić information content (AvgIpc) is 2.65. The number of nitrogens with zero attached hydrogens (tertiary/aromatic N) is 2. The number of aromatic nitrogens is 2. The summed E-state index contributed by atoms with van der Waals surface area (Å²) in [5, 5.41) is 4.32. The molecule has 0 aliphatic carbocycles. The van der Waals surface area contributed by atoms with Crippen molar-refractivity contribution in [2.45, 2.75) is 31.9 Å². The van der Waals surface area contributed by atoms with E-state index in [0.29, 0.717) is 0 Å². The summed E-state index contributed by atoms with van der Waals surface area (Å²) in [6, 6.07) is 2.07. The van der Waals surface area contributed by atoms with Crippen LogP contribution in [0.1, 0.15) is 31.5 Å². The highest BCUT2D eigenvalue weighted by molar-refractivity contribution is 5.04. The molecule has 2 atom stereocenters. The molecule has 5 nitrogen and oxygen atoms in total. The first-order valence-corrected chi connectivity index (χ1v) is 5.15. The molecule has 15 heavy (non-hydrogen) atoms. The van der Waals surface area contributed by atoms with Gasteiger partial charge in [-0.3, -0.25) is 16.0 Å². The Morgan fingerprint density at radius 3 is 2.80 bits per heavy atom. The van der Waals surface area contributed by atoms with Gasteiger partial charge in [-0.2, -0.15) is 5.10 Å². The van der Waals surface area contributed by atoms with Gasteiger partial charge in [0.05, 0.1) is 17.8 Å². The van der Waals surface area contributed by atoms with E-state index in [1.54, 1.807) is 11.8 Å². The Hall–Kier alpha value is -0.910. The van der Waals surface area contributed by atoms with Crippen LogP contribution in [0.15, 0.2) is 12.3 Å². The largest absolute Gasteiger partial charge is 0.382 e. The van der Waals surface area contributed by atoms with Crippen LogP contribution in [0.25, 0.3) is 0 Å². The SMILES string of the molecule is COC(C)CCC(NN)c1ccn(C)n1. The third kappa shape index (κ3) is 3.62. The molecule has 0 aromatic carbocycles. The molecular weight excluding hydrogens is 192 g/mol. The van der Waals surface area contributed by atoms with Crippen LogP contribution in [0.5, 0.6) is 0 Å². The van der Waals surface area contributed by atoms with Crippen molar-refractivity contribution in [2.75, 3.05) is 7.11 Å². The second-order valence-electron chi connectivity index (χ2n) is 3.76. The van der Waals surface area contributed by atoms with Crippen LogP contribution < -0.4 is 11.3 Å². The number of methoxy groups -OCH3 is 1. The zero-order valence-corrected chi connectivity index (χ0v) is 9.60. The number of nitrogens with two attached hydrogens (primary N) is 1. The van der Waals surface area contributed by atoms with Crippen molar-refractivity contribution in [3.05, 3.63) is 18.0 Å². The van der Waals surface area contributed by atoms with E-state index in [1.165, 1.54) is 0 Å². The maximum Gasteiger partial charge on any atom is 0.0807 e. The Morgan fingerprint density at radius 1 is 1.60 bits per heavy atom. The van der Waals surface area contributed by atoms with Gasteiger partial charge >= 0.3 is 0 Å². The maximum atomic E-state index is 5.50. The molecule has 1 aromatic rings. The van der Waals surface area contributed by atoms with Crippen LogP contribution in [0.3, 0.4) is 0 Å². The fourth-order valence-corrected chi connectivity index (χ4v) is 1.45. The van der Waals surface area contributed by atoms with E-state index >= 15 is 0 Å². The minimum Gasteiger partial charge on any atom is -0.382 e. The third-order valence-electron chi connectivity index (χ3n) is 2.56. The molecule has 2 unspecified atom stereocenters. The Kier molecular flexibility index (Phi) is 4.74. The molecule has 0 aliphatic heterocycles. The summed E-state index contributed by atoms with van der Waals surface area (Å²) in [5.41, 5.74) is 3.76. The van der Waals surface area contributed by atoms with Crippen molar-refractivity contribution in [3.63, 3.8) is 0 Å². The lowest BCUT2D eigenvalue weighted by atomic mass is 10.1. The van der Waals surface area contributed by atoms with E-state index in [0.717, 1.165) is 18.5 Å². The molecule has 5 heteroatoms. The highest BCUT2D eigenvalue weighted by Crippen LogP contribution is 2.16. The van der Waals surface area contributed by atoms with Crippen molar-refractivity contribution in [3.8, 4) is 0 Å². The Morgan fingerprint density at radius 2 is 2.33 bits per heavy atom. The van der Waals surface area contributed by atoms with E-state index in [2.05, 4.69) is 10.5 Å². The van der Waals surface area contributed by atoms with Gasteiger partial charge in [0, 0.05) is 20.4 Å². The maximum absolute atomic E-state index is 5.50. The summed E-state index contributed by atoms with van der Waals surface area (Å²) in [6.45, 7) is 2.05. The molecule has 3 N–H and O–H groups in total. The second-order valence-corrected chi connectivity index (χ2v) is 3.76. The molecule has 0 saturated carbocycles. The van der Waals surface area contributed by atoms with Gasteiger partial charge in [-0.05, 0) is 25.8 Å². The first kappa shape index (κ1) is 12.2. The highest BCUT2D eigenvalue weighted by Gasteiger charge is 2.13. The third-order valence-corrected chi connectivity index (χ3v) is 2.56. The summed E-state index contributed by atoms with van der Waals surface area (Å²) in [6.07, 6.45) is 4.05. The first-order chi connectivity index (χ1) is 7.17. The normalized spacial score (nSPS) is 15.2. The topological polar surface area (TPSA) is 65.1 Å². The standard InChI is InChI=1S/C10H20N4O/c1-8(15-3)4-5-9(12-11)10-6-7-14(2)13-10/h6-9,12H,4-5,11H2,1-3H3. The zero-order valence-electron chi connectivity index (χ0n) is 9.60. The summed E-state index contributed by atoms with van der Waals surface area (Å²) in [5.74, 6) is 5.50. The Balaban J connectivity index is 2.49. The lowest BCUT2D eigenvalue weighted by molar-refractivity contribution is 0.106. The molecule has 1 rings (SSSR count). The van der Waals surface area contributed by atoms with Crippen molar-refractivity contribution in [1.82, 2.24) is 15.2 Å². The number of rotatable bonds is 6. The van der Waals surface area contributed by atoms with E-state index < -0.39 is 0 Å². The number of hydrogen-bond acceptors (Lipinski definition) is 4. The zero-order chi connectivity index (χ0) is 11.3. The van der Waals surface area contributed by atoms with Crippen LogP contribution in [-0.4, -0.2) is 23.0 Å². The van der Waals surface area contributed by atoms with Gasteiger partial charge < -0.3 is 4.74 Å². The lowest BCUT2D eigenvalue weighted by Crippen LogP contribution is -2.29. The minimum absolute atomic E-state index is 0.101. The van der Waals surface area contributed by atoms with Gasteiger partial charge in [0.25, 0.3) is 0 Å². The minimum atomic E-state index is 0.101. The summed E-state index contributed by atoms with van der Waals surface area (Å²) in [4.78, 5) is 0. The number of nitrogens with one attached hydrogen (secondary N) is 1. The molecular formula is C10H20N4O. The van der Waals surface area contributed by atoms with Gasteiger partial charge in [0.1, 0.15) is 0 Å². The molecule has 1 heterocycles. The predicted octanol–water partition coefficient (Wildman–Crippen LogP) is 0.740. The van der Waals surface area contributed by atoms with Crippen LogP contribution in [0.2, 0.25) is 0 Å². The monoisotopic (exact) mass is 212 g/mol. The average molecular weight is 212 g/mol. The van der Waals surface area contributed by atoms with E-state index in [9.17, 15) is 0 Å². The van der Waals surface area contributed by atoms with E-state index in [1.807, 2.05) is 26.2 Å². The fourth-order valence-electron chi connectivity index (χ4n) is 1.45. The molecule has 0 spiro atoms. The number of aryl methyl sites for hydroxylation is 1. The molecule has 0 bridgehead atoms. The van der Waals surface area contributed by atoms with Crippen molar-refractivity contribution >= 4 is 0 Å². The molecule has 1 aromatic heterocycles. The summed E-state index contributed by atoms with van der Waals surface area (Å²) >= 11 is 0. The quantitative estimate of drug-likeness (QED) is 0.539. The van der Waals surface area contributed by atoms with Crippen molar-refractivity contribution in [1.29, 1.82) is 0 Å². The molecule has 0 fully saturated rings. The Labute approximate surface area is 90.6 Å². The number of hydrazine groups is 1. The first-order valence-electron chi connectivity index (χ1n) is 5.15. The molecule has 0 amide bonds. The van der Waals surface area contributed by atoms with Crippen LogP contribution in [0.4, 0.5) is 0 Å². The van der Waals surface area contributed by atoms with Crippen LogP contribution in [-0.2, 0) is 11.8 Å². The van der Waals surface area contributed by atoms with Gasteiger partial charge in [0.2, 0.25) is 0 Å². The highest BCUT2D eigenvalue weighted by atomic mass is 16.5.